The highest BCUT2D eigenvalue weighted by Gasteiger charge is 2.29. The van der Waals surface area contributed by atoms with Gasteiger partial charge in [-0.25, -0.2) is 17.5 Å². The van der Waals surface area contributed by atoms with Gasteiger partial charge in [-0.3, -0.25) is 0 Å². The lowest BCUT2D eigenvalue weighted by Crippen LogP contribution is -2.34. The summed E-state index contributed by atoms with van der Waals surface area (Å²) in [5.74, 6) is 1.09. The van der Waals surface area contributed by atoms with E-state index in [2.05, 4.69) is 10.8 Å². The molecule has 3 N–H and O–H groups in total. The van der Waals surface area contributed by atoms with Crippen molar-refractivity contribution in [1.29, 1.82) is 0 Å². The van der Waals surface area contributed by atoms with E-state index in [4.69, 9.17) is 10.5 Å². The van der Waals surface area contributed by atoms with E-state index in [1.165, 1.54) is 11.6 Å². The lowest BCUT2D eigenvalue weighted by molar-refractivity contribution is 0.321. The average Bonchev–Trinajstić information content (AvgIpc) is 3.51. The van der Waals surface area contributed by atoms with Gasteiger partial charge in [-0.1, -0.05) is 18.2 Å². The maximum Gasteiger partial charge on any atom is 0.211 e. The minimum Gasteiger partial charge on any atom is -0.492 e. The Bertz CT molecular complexity index is 998. The molecule has 2 unspecified atom stereocenters. The molecule has 0 spiro atoms. The van der Waals surface area contributed by atoms with E-state index in [-0.39, 0.29) is 49.1 Å². The van der Waals surface area contributed by atoms with Crippen LogP contribution >= 0.6 is 12.4 Å². The SMILES string of the molecule is Cl.NC1CCc2ccc(OCCNS(=O)(=O)CC3CC3)cc2C1Cc1cccc(F)c1. The molecule has 2 aliphatic rings. The van der Waals surface area contributed by atoms with Crippen LogP contribution in [0.1, 0.15) is 41.9 Å². The summed E-state index contributed by atoms with van der Waals surface area (Å²) in [6, 6.07) is 12.7. The molecular formula is C23H30ClFN2O3S. The zero-order valence-corrected chi connectivity index (χ0v) is 19.1. The monoisotopic (exact) mass is 468 g/mol. The average molecular weight is 469 g/mol. The van der Waals surface area contributed by atoms with Crippen LogP contribution in [0.4, 0.5) is 4.39 Å². The van der Waals surface area contributed by atoms with Gasteiger partial charge in [0.25, 0.3) is 0 Å². The smallest absolute Gasteiger partial charge is 0.211 e. The van der Waals surface area contributed by atoms with Gasteiger partial charge in [0.2, 0.25) is 10.0 Å². The van der Waals surface area contributed by atoms with Gasteiger partial charge in [0, 0.05) is 18.5 Å². The molecule has 0 saturated heterocycles. The van der Waals surface area contributed by atoms with Crippen LogP contribution in [0.2, 0.25) is 0 Å². The highest BCUT2D eigenvalue weighted by molar-refractivity contribution is 7.89. The van der Waals surface area contributed by atoms with Crippen molar-refractivity contribution >= 4 is 22.4 Å². The Morgan fingerprint density at radius 2 is 1.94 bits per heavy atom. The van der Waals surface area contributed by atoms with Crippen LogP contribution in [0, 0.1) is 11.7 Å². The molecule has 1 saturated carbocycles. The third kappa shape index (κ3) is 6.65. The number of rotatable bonds is 9. The number of ether oxygens (including phenoxy) is 1. The van der Waals surface area contributed by atoms with E-state index >= 15 is 0 Å². The first-order valence-electron chi connectivity index (χ1n) is 10.6. The molecule has 5 nitrogen and oxygen atoms in total. The van der Waals surface area contributed by atoms with E-state index in [0.717, 1.165) is 36.8 Å². The zero-order valence-electron chi connectivity index (χ0n) is 17.4. The number of nitrogens with one attached hydrogen (secondary N) is 1. The third-order valence-electron chi connectivity index (χ3n) is 5.97. The second-order valence-corrected chi connectivity index (χ2v) is 10.3. The molecule has 0 aliphatic heterocycles. The molecule has 31 heavy (non-hydrogen) atoms. The Hall–Kier alpha value is -1.67. The number of nitrogens with two attached hydrogens (primary N) is 1. The summed E-state index contributed by atoms with van der Waals surface area (Å²) in [5, 5.41) is 0. The topological polar surface area (TPSA) is 81.4 Å². The quantitative estimate of drug-likeness (QED) is 0.551. The normalized spacial score (nSPS) is 20.6. The molecule has 0 amide bonds. The molecule has 4 rings (SSSR count). The van der Waals surface area contributed by atoms with Gasteiger partial charge in [-0.05, 0) is 79.0 Å². The minimum atomic E-state index is -3.22. The molecule has 1 fully saturated rings. The molecule has 0 heterocycles. The van der Waals surface area contributed by atoms with Crippen molar-refractivity contribution in [2.75, 3.05) is 18.9 Å². The lowest BCUT2D eigenvalue weighted by Gasteiger charge is -2.32. The summed E-state index contributed by atoms with van der Waals surface area (Å²) in [6.45, 7) is 0.516. The van der Waals surface area contributed by atoms with Crippen molar-refractivity contribution < 1.29 is 17.5 Å². The number of halogens is 2. The summed E-state index contributed by atoms with van der Waals surface area (Å²) in [7, 11) is -3.22. The van der Waals surface area contributed by atoms with Crippen LogP contribution in [0.25, 0.3) is 0 Å². The van der Waals surface area contributed by atoms with Crippen molar-refractivity contribution in [3.63, 3.8) is 0 Å². The van der Waals surface area contributed by atoms with E-state index in [0.29, 0.717) is 18.1 Å². The molecule has 2 aromatic carbocycles. The molecule has 0 aromatic heterocycles. The zero-order chi connectivity index (χ0) is 21.1. The third-order valence-corrected chi connectivity index (χ3v) is 7.52. The van der Waals surface area contributed by atoms with Gasteiger partial charge in [0.15, 0.2) is 0 Å². The maximum absolute atomic E-state index is 13.6. The van der Waals surface area contributed by atoms with E-state index in [1.807, 2.05) is 18.2 Å². The van der Waals surface area contributed by atoms with E-state index in [1.54, 1.807) is 12.1 Å². The molecule has 0 radical (unpaired) electrons. The number of hydrogen-bond acceptors (Lipinski definition) is 4. The molecular weight excluding hydrogens is 439 g/mol. The van der Waals surface area contributed by atoms with Crippen LogP contribution in [0.15, 0.2) is 42.5 Å². The van der Waals surface area contributed by atoms with E-state index in [9.17, 15) is 12.8 Å². The van der Waals surface area contributed by atoms with Gasteiger partial charge in [0.1, 0.15) is 18.2 Å². The Balaban J connectivity index is 0.00000272. The van der Waals surface area contributed by atoms with Crippen LogP contribution in [-0.4, -0.2) is 33.4 Å². The predicted octanol–water partition coefficient (Wildman–Crippen LogP) is 3.56. The first-order valence-corrected chi connectivity index (χ1v) is 12.3. The molecule has 2 atom stereocenters. The Morgan fingerprint density at radius 1 is 1.13 bits per heavy atom. The largest absolute Gasteiger partial charge is 0.492 e. The van der Waals surface area contributed by atoms with Crippen LogP contribution < -0.4 is 15.2 Å². The standard InChI is InChI=1S/C23H29FN2O3S.ClH/c24-19-3-1-2-17(12-19)13-22-21-14-20(8-6-18(21)7-9-23(22)25)29-11-10-26-30(27,28)15-16-4-5-16;/h1-3,6,8,12,14,16,22-23,26H,4-5,7,9-11,13,15,25H2;1H. The van der Waals surface area contributed by atoms with Crippen molar-refractivity contribution in [1.82, 2.24) is 4.72 Å². The first kappa shape index (κ1) is 24.0. The molecule has 2 aromatic rings. The van der Waals surface area contributed by atoms with Crippen molar-refractivity contribution in [2.24, 2.45) is 11.7 Å². The highest BCUT2D eigenvalue weighted by Crippen LogP contribution is 2.36. The second kappa shape index (κ2) is 10.3. The van der Waals surface area contributed by atoms with Gasteiger partial charge in [-0.2, -0.15) is 0 Å². The van der Waals surface area contributed by atoms with Crippen molar-refractivity contribution in [3.05, 3.63) is 65.0 Å². The predicted molar refractivity (Wildman–Crippen MR) is 123 cm³/mol. The Labute approximate surface area is 190 Å². The number of fused-ring (bicyclic) bond motifs is 1. The van der Waals surface area contributed by atoms with Gasteiger partial charge >= 0.3 is 0 Å². The molecule has 170 valence electrons. The minimum absolute atomic E-state index is 0. The summed E-state index contributed by atoms with van der Waals surface area (Å²) < 4.78 is 45.9. The van der Waals surface area contributed by atoms with Gasteiger partial charge < -0.3 is 10.5 Å². The summed E-state index contributed by atoms with van der Waals surface area (Å²) >= 11 is 0. The molecule has 0 bridgehead atoms. The summed E-state index contributed by atoms with van der Waals surface area (Å²) in [6.07, 6.45) is 4.50. The number of hydrogen-bond donors (Lipinski definition) is 2. The maximum atomic E-state index is 13.6. The second-order valence-electron chi connectivity index (χ2n) is 8.47. The Morgan fingerprint density at radius 3 is 2.68 bits per heavy atom. The summed E-state index contributed by atoms with van der Waals surface area (Å²) in [4.78, 5) is 0. The van der Waals surface area contributed by atoms with Crippen LogP contribution in [0.5, 0.6) is 5.75 Å². The van der Waals surface area contributed by atoms with Crippen LogP contribution in [0.3, 0.4) is 0 Å². The molecule has 8 heteroatoms. The molecule has 2 aliphatic carbocycles. The fourth-order valence-electron chi connectivity index (χ4n) is 4.19. The lowest BCUT2D eigenvalue weighted by atomic mass is 9.76. The van der Waals surface area contributed by atoms with Crippen LogP contribution in [-0.2, 0) is 22.9 Å². The van der Waals surface area contributed by atoms with Gasteiger partial charge in [-0.15, -0.1) is 12.4 Å². The summed E-state index contributed by atoms with van der Waals surface area (Å²) in [5.41, 5.74) is 9.75. The Kier molecular flexibility index (Phi) is 7.97. The fourth-order valence-corrected chi connectivity index (χ4v) is 5.65. The fraction of sp³-hybridized carbons (Fsp3) is 0.478. The van der Waals surface area contributed by atoms with Crippen molar-refractivity contribution in [3.8, 4) is 5.75 Å². The highest BCUT2D eigenvalue weighted by atomic mass is 35.5. The number of benzene rings is 2. The number of aryl methyl sites for hydroxylation is 1. The number of sulfonamides is 1. The first-order chi connectivity index (χ1) is 14.4. The van der Waals surface area contributed by atoms with Crippen molar-refractivity contribution in [2.45, 2.75) is 44.1 Å². The van der Waals surface area contributed by atoms with Gasteiger partial charge in [0.05, 0.1) is 5.75 Å². The van der Waals surface area contributed by atoms with E-state index < -0.39 is 10.0 Å².